The summed E-state index contributed by atoms with van der Waals surface area (Å²) in [6, 6.07) is 13.3. The molecular formula is C22H28N2O4. The Balaban J connectivity index is 1.72. The Kier molecular flexibility index (Phi) is 6.29. The van der Waals surface area contributed by atoms with Crippen LogP contribution in [0.2, 0.25) is 0 Å². The normalized spacial score (nSPS) is 13.8. The summed E-state index contributed by atoms with van der Waals surface area (Å²) in [5.74, 6) is 2.46. The predicted molar refractivity (Wildman–Crippen MR) is 108 cm³/mol. The molecule has 6 heteroatoms. The number of amides is 2. The van der Waals surface area contributed by atoms with E-state index in [4.69, 9.17) is 14.2 Å². The molecule has 1 N–H and O–H groups in total. The second-order valence-electron chi connectivity index (χ2n) is 7.24. The summed E-state index contributed by atoms with van der Waals surface area (Å²) in [5, 5.41) is 3.15. The number of hydrogen-bond acceptors (Lipinski definition) is 4. The zero-order chi connectivity index (χ0) is 20.1. The van der Waals surface area contributed by atoms with E-state index in [1.54, 1.807) is 19.1 Å². The van der Waals surface area contributed by atoms with E-state index in [2.05, 4.69) is 19.2 Å². The van der Waals surface area contributed by atoms with Crippen molar-refractivity contribution in [3.63, 3.8) is 0 Å². The minimum Gasteiger partial charge on any atom is -0.496 e. The molecule has 2 aromatic carbocycles. The molecular weight excluding hydrogens is 356 g/mol. The van der Waals surface area contributed by atoms with Crippen LogP contribution in [0.3, 0.4) is 0 Å². The predicted octanol–water partition coefficient (Wildman–Crippen LogP) is 4.01. The first-order chi connectivity index (χ1) is 13.5. The lowest BCUT2D eigenvalue weighted by atomic mass is 9.95. The lowest BCUT2D eigenvalue weighted by molar-refractivity contribution is 0.171. The van der Waals surface area contributed by atoms with Gasteiger partial charge in [0.1, 0.15) is 19.0 Å². The van der Waals surface area contributed by atoms with Crippen LogP contribution < -0.4 is 19.5 Å². The van der Waals surface area contributed by atoms with Gasteiger partial charge in [-0.25, -0.2) is 4.79 Å². The highest BCUT2D eigenvalue weighted by molar-refractivity contribution is 5.74. The second-order valence-corrected chi connectivity index (χ2v) is 7.24. The largest absolute Gasteiger partial charge is 0.496 e. The van der Waals surface area contributed by atoms with Gasteiger partial charge in [0.05, 0.1) is 19.7 Å². The average Bonchev–Trinajstić information content (AvgIpc) is 2.71. The Morgan fingerprint density at radius 2 is 1.86 bits per heavy atom. The van der Waals surface area contributed by atoms with Crippen molar-refractivity contribution in [1.82, 2.24) is 10.2 Å². The summed E-state index contributed by atoms with van der Waals surface area (Å²) in [4.78, 5) is 14.5. The molecule has 2 aromatic rings. The van der Waals surface area contributed by atoms with Gasteiger partial charge in [-0.15, -0.1) is 0 Å². The van der Waals surface area contributed by atoms with E-state index < -0.39 is 0 Å². The summed E-state index contributed by atoms with van der Waals surface area (Å²) in [7, 11) is 3.42. The van der Waals surface area contributed by atoms with E-state index >= 15 is 0 Å². The van der Waals surface area contributed by atoms with Crippen LogP contribution >= 0.6 is 0 Å². The number of para-hydroxylation sites is 1. The molecule has 1 atom stereocenters. The molecule has 0 unspecified atom stereocenters. The van der Waals surface area contributed by atoms with Crippen LogP contribution in [-0.2, 0) is 6.54 Å². The Hall–Kier alpha value is -2.89. The van der Waals surface area contributed by atoms with Crippen LogP contribution in [0.1, 0.15) is 31.0 Å². The molecule has 2 amide bonds. The number of fused-ring (bicyclic) bond motifs is 1. The van der Waals surface area contributed by atoms with Gasteiger partial charge in [0.25, 0.3) is 0 Å². The van der Waals surface area contributed by atoms with Crippen LogP contribution in [0.4, 0.5) is 4.79 Å². The van der Waals surface area contributed by atoms with Crippen molar-refractivity contribution < 1.29 is 19.0 Å². The number of carbonyl (C=O) groups is 1. The molecule has 3 rings (SSSR count). The maximum absolute atomic E-state index is 12.8. The fourth-order valence-corrected chi connectivity index (χ4v) is 3.29. The Bertz CT molecular complexity index is 822. The summed E-state index contributed by atoms with van der Waals surface area (Å²) in [6.45, 7) is 5.73. The third-order valence-electron chi connectivity index (χ3n) is 4.82. The number of methoxy groups -OCH3 is 1. The highest BCUT2D eigenvalue weighted by Gasteiger charge is 2.23. The highest BCUT2D eigenvalue weighted by atomic mass is 16.6. The smallest absolute Gasteiger partial charge is 0.317 e. The summed E-state index contributed by atoms with van der Waals surface area (Å²) in [6.07, 6.45) is 0. The fourth-order valence-electron chi connectivity index (χ4n) is 3.29. The van der Waals surface area contributed by atoms with E-state index in [1.165, 1.54) is 0 Å². The van der Waals surface area contributed by atoms with Gasteiger partial charge in [-0.05, 0) is 29.7 Å². The monoisotopic (exact) mass is 384 g/mol. The lowest BCUT2D eigenvalue weighted by Gasteiger charge is -2.28. The first-order valence-electron chi connectivity index (χ1n) is 9.52. The highest BCUT2D eigenvalue weighted by Crippen LogP contribution is 2.34. The van der Waals surface area contributed by atoms with Crippen molar-refractivity contribution in [2.24, 2.45) is 5.92 Å². The fraction of sp³-hybridized carbons (Fsp3) is 0.409. The Labute approximate surface area is 166 Å². The number of benzene rings is 2. The second kappa shape index (κ2) is 8.87. The van der Waals surface area contributed by atoms with Crippen molar-refractivity contribution in [3.05, 3.63) is 53.6 Å². The van der Waals surface area contributed by atoms with Gasteiger partial charge in [0, 0.05) is 12.6 Å². The van der Waals surface area contributed by atoms with Gasteiger partial charge in [0.2, 0.25) is 0 Å². The molecule has 0 saturated heterocycles. The maximum Gasteiger partial charge on any atom is 0.317 e. The third kappa shape index (κ3) is 4.50. The van der Waals surface area contributed by atoms with Gasteiger partial charge >= 0.3 is 6.03 Å². The molecule has 1 aliphatic heterocycles. The van der Waals surface area contributed by atoms with Crippen LogP contribution in [0.5, 0.6) is 17.2 Å². The number of ether oxygens (including phenoxy) is 3. The molecule has 150 valence electrons. The van der Waals surface area contributed by atoms with Crippen LogP contribution in [0.15, 0.2) is 42.5 Å². The zero-order valence-electron chi connectivity index (χ0n) is 16.9. The van der Waals surface area contributed by atoms with Crippen molar-refractivity contribution in [2.75, 3.05) is 27.4 Å². The molecule has 1 aliphatic rings. The summed E-state index contributed by atoms with van der Waals surface area (Å²) < 4.78 is 16.7. The average molecular weight is 384 g/mol. The van der Waals surface area contributed by atoms with Crippen molar-refractivity contribution in [2.45, 2.75) is 26.4 Å². The zero-order valence-corrected chi connectivity index (χ0v) is 16.9. The number of nitrogens with zero attached hydrogens (tertiary/aromatic N) is 1. The summed E-state index contributed by atoms with van der Waals surface area (Å²) >= 11 is 0. The summed E-state index contributed by atoms with van der Waals surface area (Å²) in [5.41, 5.74) is 1.96. The molecule has 0 bridgehead atoms. The standard InChI is InChI=1S/C22H28N2O4/c1-15(2)21(16-9-10-19-20(13-16)28-12-11-27-19)23-22(25)24(3)14-17-7-5-6-8-18(17)26-4/h5-10,13,15,21H,11-12,14H2,1-4H3,(H,23,25)/t21-/m0/s1. The van der Waals surface area contributed by atoms with E-state index in [9.17, 15) is 4.79 Å². The van der Waals surface area contributed by atoms with Gasteiger partial charge < -0.3 is 24.4 Å². The van der Waals surface area contributed by atoms with Gasteiger partial charge in [0.15, 0.2) is 11.5 Å². The topological polar surface area (TPSA) is 60.0 Å². The van der Waals surface area contributed by atoms with Crippen molar-refractivity contribution in [1.29, 1.82) is 0 Å². The number of carbonyl (C=O) groups excluding carboxylic acids is 1. The van der Waals surface area contributed by atoms with Crippen LogP contribution in [0, 0.1) is 5.92 Å². The quantitative estimate of drug-likeness (QED) is 0.818. The molecule has 0 saturated carbocycles. The first-order valence-corrected chi connectivity index (χ1v) is 9.52. The SMILES string of the molecule is COc1ccccc1CN(C)C(=O)N[C@H](c1ccc2c(c1)OCCO2)C(C)C. The minimum absolute atomic E-state index is 0.136. The molecule has 0 fully saturated rings. The molecule has 6 nitrogen and oxygen atoms in total. The molecule has 0 spiro atoms. The maximum atomic E-state index is 12.8. The molecule has 28 heavy (non-hydrogen) atoms. The van der Waals surface area contributed by atoms with E-state index in [0.29, 0.717) is 19.8 Å². The van der Waals surface area contributed by atoms with E-state index in [0.717, 1.165) is 28.4 Å². The van der Waals surface area contributed by atoms with Gasteiger partial charge in [-0.2, -0.15) is 0 Å². The van der Waals surface area contributed by atoms with Crippen molar-refractivity contribution >= 4 is 6.03 Å². The van der Waals surface area contributed by atoms with Crippen molar-refractivity contribution in [3.8, 4) is 17.2 Å². The molecule has 0 aromatic heterocycles. The molecule has 0 aliphatic carbocycles. The Morgan fingerprint density at radius 1 is 1.14 bits per heavy atom. The van der Waals surface area contributed by atoms with Gasteiger partial charge in [-0.3, -0.25) is 0 Å². The third-order valence-corrected chi connectivity index (χ3v) is 4.82. The molecule has 1 heterocycles. The lowest BCUT2D eigenvalue weighted by Crippen LogP contribution is -2.40. The van der Waals surface area contributed by atoms with Crippen LogP contribution in [-0.4, -0.2) is 38.3 Å². The number of urea groups is 1. The van der Waals surface area contributed by atoms with E-state index in [-0.39, 0.29) is 18.0 Å². The number of nitrogens with one attached hydrogen (secondary N) is 1. The van der Waals surface area contributed by atoms with Gasteiger partial charge in [-0.1, -0.05) is 38.1 Å². The van der Waals surface area contributed by atoms with Crippen LogP contribution in [0.25, 0.3) is 0 Å². The number of hydrogen-bond donors (Lipinski definition) is 1. The minimum atomic E-state index is -0.139. The number of rotatable bonds is 6. The Morgan fingerprint density at radius 3 is 2.57 bits per heavy atom. The van der Waals surface area contributed by atoms with E-state index in [1.807, 2.05) is 42.5 Å². The first kappa shape index (κ1) is 19.9. The molecule has 0 radical (unpaired) electrons.